The summed E-state index contributed by atoms with van der Waals surface area (Å²) in [7, 11) is -0.369. The number of carbonyl (C=O) groups excluding carboxylic acids is 1. The number of amides is 1. The number of nitrogens with zero attached hydrogens (tertiary/aromatic N) is 1. The van der Waals surface area contributed by atoms with Crippen molar-refractivity contribution in [2.24, 2.45) is 0 Å². The lowest BCUT2D eigenvalue weighted by atomic mass is 9.76. The summed E-state index contributed by atoms with van der Waals surface area (Å²) in [5, 5.41) is 0. The standard InChI is InChI=1S/C25H36BNO4/c1-23(2,3)29-22(28)27-20-12-9-13-21(27)16-18(15-20)17-10-8-11-19(14-17)26-30-24(4,5)25(6,7)31-26/h8,10-11,14-15,20-21H,9,12-13,16H2,1-7H3. The lowest BCUT2D eigenvalue weighted by molar-refractivity contribution is 0.0000821. The number of carbonyl (C=O) groups is 1. The van der Waals surface area contributed by atoms with Gasteiger partial charge in [-0.25, -0.2) is 4.79 Å². The molecule has 1 amide bonds. The number of hydrogen-bond acceptors (Lipinski definition) is 4. The Morgan fingerprint density at radius 2 is 1.81 bits per heavy atom. The molecule has 2 unspecified atom stereocenters. The SMILES string of the molecule is CC(C)(C)OC(=O)N1C2C=C(c3cccc(B4OC(C)(C)C(C)(C)O4)c3)CC1CCC2. The van der Waals surface area contributed by atoms with Gasteiger partial charge >= 0.3 is 13.2 Å². The van der Waals surface area contributed by atoms with Crippen LogP contribution in [0.5, 0.6) is 0 Å². The molecule has 1 aromatic rings. The molecule has 3 heterocycles. The molecule has 2 saturated heterocycles. The molecule has 2 bridgehead atoms. The van der Waals surface area contributed by atoms with E-state index in [0.29, 0.717) is 0 Å². The van der Waals surface area contributed by atoms with Crippen molar-refractivity contribution < 1.29 is 18.8 Å². The number of benzene rings is 1. The molecular weight excluding hydrogens is 389 g/mol. The van der Waals surface area contributed by atoms with Crippen molar-refractivity contribution in [3.05, 3.63) is 35.9 Å². The van der Waals surface area contributed by atoms with Gasteiger partial charge in [-0.1, -0.05) is 30.3 Å². The summed E-state index contributed by atoms with van der Waals surface area (Å²) in [6, 6.07) is 8.77. The fraction of sp³-hybridized carbons (Fsp3) is 0.640. The minimum atomic E-state index is -0.480. The van der Waals surface area contributed by atoms with E-state index in [1.807, 2.05) is 25.7 Å². The second-order valence-electron chi connectivity index (χ2n) is 11.1. The fourth-order valence-corrected chi connectivity index (χ4v) is 4.71. The van der Waals surface area contributed by atoms with Crippen LogP contribution in [-0.4, -0.2) is 47.0 Å². The lowest BCUT2D eigenvalue weighted by Gasteiger charge is -2.45. The molecule has 31 heavy (non-hydrogen) atoms. The monoisotopic (exact) mass is 425 g/mol. The van der Waals surface area contributed by atoms with Crippen LogP contribution >= 0.6 is 0 Å². The molecule has 3 aliphatic rings. The first-order chi connectivity index (χ1) is 14.4. The molecule has 2 atom stereocenters. The third-order valence-corrected chi connectivity index (χ3v) is 7.02. The van der Waals surface area contributed by atoms with Crippen LogP contribution in [0.3, 0.4) is 0 Å². The van der Waals surface area contributed by atoms with Crippen LogP contribution in [0.25, 0.3) is 5.57 Å². The quantitative estimate of drug-likeness (QED) is 0.631. The molecule has 2 fully saturated rings. The summed E-state index contributed by atoms with van der Waals surface area (Å²) in [6.45, 7) is 14.1. The third-order valence-electron chi connectivity index (χ3n) is 7.02. The number of ether oxygens (including phenoxy) is 1. The van der Waals surface area contributed by atoms with Gasteiger partial charge in [0.15, 0.2) is 0 Å². The molecule has 0 N–H and O–H groups in total. The van der Waals surface area contributed by atoms with E-state index in [1.165, 1.54) is 11.1 Å². The molecule has 0 radical (unpaired) electrons. The normalized spacial score (nSPS) is 27.1. The van der Waals surface area contributed by atoms with E-state index < -0.39 is 5.60 Å². The smallest absolute Gasteiger partial charge is 0.444 e. The zero-order valence-electron chi connectivity index (χ0n) is 20.0. The maximum atomic E-state index is 12.9. The first-order valence-electron chi connectivity index (χ1n) is 11.5. The molecular formula is C25H36BNO4. The first kappa shape index (κ1) is 22.4. The van der Waals surface area contributed by atoms with Crippen molar-refractivity contribution in [2.75, 3.05) is 0 Å². The summed E-state index contributed by atoms with van der Waals surface area (Å²) < 4.78 is 18.2. The number of piperidine rings is 1. The predicted octanol–water partition coefficient (Wildman–Crippen LogP) is 4.93. The van der Waals surface area contributed by atoms with Gasteiger partial charge in [0, 0.05) is 6.04 Å². The van der Waals surface area contributed by atoms with Gasteiger partial charge in [0.2, 0.25) is 0 Å². The van der Waals surface area contributed by atoms with Crippen LogP contribution in [-0.2, 0) is 14.0 Å². The number of rotatable bonds is 2. The second kappa shape index (κ2) is 7.66. The van der Waals surface area contributed by atoms with E-state index in [0.717, 1.165) is 31.1 Å². The van der Waals surface area contributed by atoms with Gasteiger partial charge in [0.25, 0.3) is 0 Å². The summed E-state index contributed by atoms with van der Waals surface area (Å²) in [6.07, 6.45) is 6.07. The maximum absolute atomic E-state index is 12.9. The van der Waals surface area contributed by atoms with Crippen LogP contribution in [0.1, 0.15) is 79.7 Å². The van der Waals surface area contributed by atoms with Crippen LogP contribution in [0.4, 0.5) is 4.79 Å². The molecule has 0 spiro atoms. The molecule has 3 aliphatic heterocycles. The largest absolute Gasteiger partial charge is 0.494 e. The number of hydrogen-bond donors (Lipinski definition) is 0. The van der Waals surface area contributed by atoms with Crippen LogP contribution in [0.15, 0.2) is 30.3 Å². The third kappa shape index (κ3) is 4.42. The Balaban J connectivity index is 1.57. The van der Waals surface area contributed by atoms with Gasteiger partial charge in [-0.2, -0.15) is 0 Å². The average molecular weight is 425 g/mol. The molecule has 5 nitrogen and oxygen atoms in total. The average Bonchev–Trinajstić information content (AvgIpc) is 2.87. The van der Waals surface area contributed by atoms with Crippen molar-refractivity contribution in [2.45, 2.75) is 103 Å². The van der Waals surface area contributed by atoms with Gasteiger partial charge in [0.1, 0.15) is 5.60 Å². The topological polar surface area (TPSA) is 48.0 Å². The van der Waals surface area contributed by atoms with Crippen molar-refractivity contribution in [1.29, 1.82) is 0 Å². The summed E-state index contributed by atoms with van der Waals surface area (Å²) in [5.41, 5.74) is 2.33. The lowest BCUT2D eigenvalue weighted by Crippen LogP contribution is -2.53. The Hall–Kier alpha value is -1.79. The van der Waals surface area contributed by atoms with Crippen LogP contribution in [0, 0.1) is 0 Å². The fourth-order valence-electron chi connectivity index (χ4n) is 4.71. The Morgan fingerprint density at radius 1 is 1.13 bits per heavy atom. The Labute approximate surface area is 187 Å². The molecule has 4 rings (SSSR count). The molecule has 6 heteroatoms. The molecule has 0 saturated carbocycles. The molecule has 0 aliphatic carbocycles. The zero-order valence-corrected chi connectivity index (χ0v) is 20.0. The van der Waals surface area contributed by atoms with Gasteiger partial charge in [-0.05, 0) is 90.7 Å². The van der Waals surface area contributed by atoms with E-state index in [-0.39, 0.29) is 36.5 Å². The van der Waals surface area contributed by atoms with E-state index >= 15 is 0 Å². The van der Waals surface area contributed by atoms with Crippen molar-refractivity contribution in [3.63, 3.8) is 0 Å². The highest BCUT2D eigenvalue weighted by molar-refractivity contribution is 6.62. The molecule has 1 aromatic carbocycles. The van der Waals surface area contributed by atoms with Crippen LogP contribution in [0.2, 0.25) is 0 Å². The van der Waals surface area contributed by atoms with Crippen molar-refractivity contribution in [3.8, 4) is 0 Å². The molecule has 168 valence electrons. The highest BCUT2D eigenvalue weighted by atomic mass is 16.7. The second-order valence-corrected chi connectivity index (χ2v) is 11.1. The Kier molecular flexibility index (Phi) is 5.54. The van der Waals surface area contributed by atoms with E-state index in [1.54, 1.807) is 0 Å². The van der Waals surface area contributed by atoms with Gasteiger partial charge in [-0.3, -0.25) is 4.90 Å². The summed E-state index contributed by atoms with van der Waals surface area (Å²) in [5.74, 6) is 0. The highest BCUT2D eigenvalue weighted by Crippen LogP contribution is 2.39. The van der Waals surface area contributed by atoms with Crippen LogP contribution < -0.4 is 5.46 Å². The van der Waals surface area contributed by atoms with Crippen molar-refractivity contribution in [1.82, 2.24) is 4.90 Å². The first-order valence-corrected chi connectivity index (χ1v) is 11.5. The Bertz CT molecular complexity index is 870. The highest BCUT2D eigenvalue weighted by Gasteiger charge is 2.51. The zero-order chi connectivity index (χ0) is 22.6. The number of fused-ring (bicyclic) bond motifs is 2. The maximum Gasteiger partial charge on any atom is 0.494 e. The Morgan fingerprint density at radius 3 is 2.42 bits per heavy atom. The molecule has 0 aromatic heterocycles. The minimum absolute atomic E-state index is 0.0952. The van der Waals surface area contributed by atoms with Gasteiger partial charge < -0.3 is 14.0 Å². The van der Waals surface area contributed by atoms with Gasteiger partial charge in [-0.15, -0.1) is 0 Å². The van der Waals surface area contributed by atoms with Gasteiger partial charge in [0.05, 0.1) is 17.2 Å². The summed E-state index contributed by atoms with van der Waals surface area (Å²) in [4.78, 5) is 14.8. The van der Waals surface area contributed by atoms with E-state index in [9.17, 15) is 4.79 Å². The predicted molar refractivity (Wildman–Crippen MR) is 124 cm³/mol. The van der Waals surface area contributed by atoms with E-state index in [2.05, 4.69) is 58.0 Å². The minimum Gasteiger partial charge on any atom is -0.444 e. The van der Waals surface area contributed by atoms with Crippen molar-refractivity contribution >= 4 is 24.2 Å². The van der Waals surface area contributed by atoms with E-state index in [4.69, 9.17) is 14.0 Å². The summed E-state index contributed by atoms with van der Waals surface area (Å²) >= 11 is 0.